The average molecular weight is 390 g/mol. The summed E-state index contributed by atoms with van der Waals surface area (Å²) >= 11 is 17.7. The van der Waals surface area contributed by atoms with Gasteiger partial charge >= 0.3 is 6.03 Å². The molecule has 1 atom stereocenters. The number of anilines is 1. The monoisotopic (exact) mass is 388 g/mol. The van der Waals surface area contributed by atoms with Gasteiger partial charge in [0.25, 0.3) is 0 Å². The van der Waals surface area contributed by atoms with Gasteiger partial charge in [-0.3, -0.25) is 0 Å². The molecule has 0 aliphatic heterocycles. The number of carbonyl (C=O) groups excluding carboxylic acids is 1. The second kappa shape index (κ2) is 8.44. The highest BCUT2D eigenvalue weighted by Crippen LogP contribution is 2.32. The van der Waals surface area contributed by atoms with E-state index in [4.69, 9.17) is 39.5 Å². The summed E-state index contributed by atoms with van der Waals surface area (Å²) in [7, 11) is 1.51. The van der Waals surface area contributed by atoms with E-state index in [2.05, 4.69) is 10.6 Å². The molecule has 0 radical (unpaired) electrons. The Bertz CT molecular complexity index is 741. The van der Waals surface area contributed by atoms with Crippen LogP contribution in [0.25, 0.3) is 0 Å². The van der Waals surface area contributed by atoms with Crippen LogP contribution >= 0.6 is 34.8 Å². The Hall–Kier alpha value is -1.66. The quantitative estimate of drug-likeness (QED) is 0.659. The lowest BCUT2D eigenvalue weighted by Gasteiger charge is -2.16. The fraction of sp³-hybridized carbons (Fsp3) is 0.188. The summed E-state index contributed by atoms with van der Waals surface area (Å²) in [6, 6.07) is 9.36. The first-order valence-electron chi connectivity index (χ1n) is 6.92. The number of halogens is 3. The van der Waals surface area contributed by atoms with Crippen molar-refractivity contribution in [3.63, 3.8) is 0 Å². The van der Waals surface area contributed by atoms with Gasteiger partial charge in [-0.25, -0.2) is 4.79 Å². The Kier molecular flexibility index (Phi) is 6.57. The Balaban J connectivity index is 1.97. The van der Waals surface area contributed by atoms with Crippen molar-refractivity contribution in [3.8, 4) is 5.75 Å². The number of aliphatic hydroxyl groups is 1. The molecule has 0 aliphatic rings. The smallest absolute Gasteiger partial charge is 0.319 e. The van der Waals surface area contributed by atoms with Crippen LogP contribution in [0.15, 0.2) is 36.4 Å². The van der Waals surface area contributed by atoms with Crippen molar-refractivity contribution >= 4 is 46.5 Å². The lowest BCUT2D eigenvalue weighted by atomic mass is 10.1. The number of hydrogen-bond acceptors (Lipinski definition) is 3. The van der Waals surface area contributed by atoms with Gasteiger partial charge in [0.2, 0.25) is 0 Å². The molecule has 0 aliphatic carbocycles. The standard InChI is InChI=1S/C16H15Cl3N2O3/c1-24-15-5-3-2-4-9(15)14(22)8-20-16(23)21-13-7-11(18)10(17)6-12(13)19/h2-7,14,22H,8H2,1H3,(H2,20,21,23)/t14-/m0/s1. The maximum Gasteiger partial charge on any atom is 0.319 e. The minimum absolute atomic E-state index is 0.00878. The van der Waals surface area contributed by atoms with Crippen molar-refractivity contribution < 1.29 is 14.6 Å². The molecule has 24 heavy (non-hydrogen) atoms. The molecule has 5 nitrogen and oxygen atoms in total. The zero-order valence-electron chi connectivity index (χ0n) is 12.6. The van der Waals surface area contributed by atoms with Gasteiger partial charge in [-0.05, 0) is 18.2 Å². The molecule has 3 N–H and O–H groups in total. The summed E-state index contributed by atoms with van der Waals surface area (Å²) < 4.78 is 5.18. The predicted molar refractivity (Wildman–Crippen MR) is 96.4 cm³/mol. The average Bonchev–Trinajstić information content (AvgIpc) is 2.57. The van der Waals surface area contributed by atoms with E-state index in [0.29, 0.717) is 22.0 Å². The number of carbonyl (C=O) groups is 1. The Labute approximate surface area is 154 Å². The number of methoxy groups -OCH3 is 1. The molecule has 0 unspecified atom stereocenters. The maximum atomic E-state index is 12.0. The first kappa shape index (κ1) is 18.7. The molecule has 2 amide bonds. The van der Waals surface area contributed by atoms with E-state index in [-0.39, 0.29) is 16.6 Å². The second-order valence-electron chi connectivity index (χ2n) is 4.84. The third-order valence-corrected chi connectivity index (χ3v) is 4.25. The van der Waals surface area contributed by atoms with E-state index in [9.17, 15) is 9.90 Å². The fourth-order valence-corrected chi connectivity index (χ4v) is 2.62. The zero-order valence-corrected chi connectivity index (χ0v) is 14.9. The van der Waals surface area contributed by atoms with Gasteiger partial charge < -0.3 is 20.5 Å². The summed E-state index contributed by atoms with van der Waals surface area (Å²) in [6.07, 6.45) is -0.920. The van der Waals surface area contributed by atoms with Gasteiger partial charge in [0, 0.05) is 12.1 Å². The number of hydrogen-bond donors (Lipinski definition) is 3. The third kappa shape index (κ3) is 4.68. The van der Waals surface area contributed by atoms with E-state index in [1.54, 1.807) is 24.3 Å². The normalized spacial score (nSPS) is 11.7. The van der Waals surface area contributed by atoms with Crippen LogP contribution < -0.4 is 15.4 Å². The summed E-state index contributed by atoms with van der Waals surface area (Å²) in [6.45, 7) is -0.00878. The van der Waals surface area contributed by atoms with Crippen LogP contribution in [0.1, 0.15) is 11.7 Å². The van der Waals surface area contributed by atoms with Crippen LogP contribution in [-0.2, 0) is 0 Å². The van der Waals surface area contributed by atoms with Crippen molar-refractivity contribution in [3.05, 3.63) is 57.0 Å². The van der Waals surface area contributed by atoms with Crippen LogP contribution in [0.2, 0.25) is 15.1 Å². The molecule has 0 saturated heterocycles. The van der Waals surface area contributed by atoms with Crippen LogP contribution in [0.3, 0.4) is 0 Å². The molecule has 8 heteroatoms. The Morgan fingerprint density at radius 3 is 2.54 bits per heavy atom. The van der Waals surface area contributed by atoms with Crippen LogP contribution in [0.4, 0.5) is 10.5 Å². The summed E-state index contributed by atoms with van der Waals surface area (Å²) in [4.78, 5) is 12.0. The highest BCUT2D eigenvalue weighted by atomic mass is 35.5. The SMILES string of the molecule is COc1ccccc1[C@@H](O)CNC(=O)Nc1cc(Cl)c(Cl)cc1Cl. The van der Waals surface area contributed by atoms with Gasteiger partial charge in [0.1, 0.15) is 5.75 Å². The Morgan fingerprint density at radius 2 is 1.83 bits per heavy atom. The fourth-order valence-electron chi connectivity index (χ4n) is 2.03. The molecule has 0 aromatic heterocycles. The van der Waals surface area contributed by atoms with Crippen LogP contribution in [0.5, 0.6) is 5.75 Å². The van der Waals surface area contributed by atoms with E-state index in [1.165, 1.54) is 19.2 Å². The van der Waals surface area contributed by atoms with Gasteiger partial charge in [-0.15, -0.1) is 0 Å². The first-order chi connectivity index (χ1) is 11.4. The lowest BCUT2D eigenvalue weighted by Crippen LogP contribution is -2.32. The molecule has 0 spiro atoms. The number of nitrogens with one attached hydrogen (secondary N) is 2. The summed E-state index contributed by atoms with van der Waals surface area (Å²) in [5.74, 6) is 0.541. The molecular weight excluding hydrogens is 375 g/mol. The highest BCUT2D eigenvalue weighted by Gasteiger charge is 2.15. The van der Waals surface area contributed by atoms with Crippen LogP contribution in [-0.4, -0.2) is 24.8 Å². The molecule has 0 heterocycles. The molecule has 0 fully saturated rings. The van der Waals surface area contributed by atoms with Crippen molar-refractivity contribution in [2.45, 2.75) is 6.10 Å². The maximum absolute atomic E-state index is 12.0. The predicted octanol–water partition coefficient (Wildman–Crippen LogP) is 4.51. The number of ether oxygens (including phenoxy) is 1. The minimum Gasteiger partial charge on any atom is -0.496 e. The summed E-state index contributed by atoms with van der Waals surface area (Å²) in [5.41, 5.74) is 0.892. The molecule has 128 valence electrons. The second-order valence-corrected chi connectivity index (χ2v) is 6.06. The van der Waals surface area contributed by atoms with E-state index in [1.807, 2.05) is 0 Å². The molecular formula is C16H15Cl3N2O3. The van der Waals surface area contributed by atoms with Crippen molar-refractivity contribution in [2.75, 3.05) is 19.0 Å². The topological polar surface area (TPSA) is 70.6 Å². The first-order valence-corrected chi connectivity index (χ1v) is 8.06. The van der Waals surface area contributed by atoms with E-state index < -0.39 is 12.1 Å². The number of aliphatic hydroxyl groups excluding tert-OH is 1. The van der Waals surface area contributed by atoms with Crippen molar-refractivity contribution in [1.29, 1.82) is 0 Å². The van der Waals surface area contributed by atoms with Gasteiger partial charge in [-0.1, -0.05) is 53.0 Å². The third-order valence-electron chi connectivity index (χ3n) is 3.21. The van der Waals surface area contributed by atoms with Crippen molar-refractivity contribution in [2.24, 2.45) is 0 Å². The number of urea groups is 1. The molecule has 2 aromatic rings. The minimum atomic E-state index is -0.920. The zero-order chi connectivity index (χ0) is 17.7. The van der Waals surface area contributed by atoms with Gasteiger partial charge in [-0.2, -0.15) is 0 Å². The van der Waals surface area contributed by atoms with Gasteiger partial charge in [0.15, 0.2) is 0 Å². The number of benzene rings is 2. The number of amides is 2. The van der Waals surface area contributed by atoms with Gasteiger partial charge in [0.05, 0.1) is 34.0 Å². The van der Waals surface area contributed by atoms with Crippen LogP contribution in [0, 0.1) is 0 Å². The number of para-hydroxylation sites is 1. The largest absolute Gasteiger partial charge is 0.496 e. The van der Waals surface area contributed by atoms with E-state index >= 15 is 0 Å². The number of rotatable bonds is 5. The molecule has 0 saturated carbocycles. The lowest BCUT2D eigenvalue weighted by molar-refractivity contribution is 0.171. The molecule has 2 rings (SSSR count). The molecule has 2 aromatic carbocycles. The Morgan fingerprint density at radius 1 is 1.17 bits per heavy atom. The highest BCUT2D eigenvalue weighted by molar-refractivity contribution is 6.44. The summed E-state index contributed by atoms with van der Waals surface area (Å²) in [5, 5.41) is 16.1. The van der Waals surface area contributed by atoms with Crippen molar-refractivity contribution in [1.82, 2.24) is 5.32 Å². The molecule has 0 bridgehead atoms. The van der Waals surface area contributed by atoms with E-state index in [0.717, 1.165) is 0 Å².